The van der Waals surface area contributed by atoms with E-state index in [2.05, 4.69) is 29.0 Å². The van der Waals surface area contributed by atoms with Gasteiger partial charge in [-0.1, -0.05) is 18.2 Å². The predicted molar refractivity (Wildman–Crippen MR) is 116 cm³/mol. The first kappa shape index (κ1) is 20.7. The van der Waals surface area contributed by atoms with Gasteiger partial charge in [0.05, 0.1) is 24.7 Å². The van der Waals surface area contributed by atoms with Crippen molar-refractivity contribution < 1.29 is 19.4 Å². The number of fused-ring (bicyclic) bond motifs is 1. The van der Waals surface area contributed by atoms with Crippen LogP contribution in [0.3, 0.4) is 0 Å². The Morgan fingerprint density at radius 2 is 2.19 bits per heavy atom. The quantitative estimate of drug-likeness (QED) is 0.553. The van der Waals surface area contributed by atoms with Crippen molar-refractivity contribution >= 4 is 12.1 Å². The van der Waals surface area contributed by atoms with Crippen molar-refractivity contribution in [1.29, 1.82) is 0 Å². The predicted octanol–water partition coefficient (Wildman–Crippen LogP) is 2.10. The lowest BCUT2D eigenvalue weighted by molar-refractivity contribution is -0.126. The number of hydrogen-bond donors (Lipinski definition) is 4. The molecule has 5 rings (SSSR count). The fraction of sp³-hybridized carbons (Fsp3) is 0.583. The largest absolute Gasteiger partial charge is 0.472 e. The highest BCUT2D eigenvalue weighted by molar-refractivity contribution is 5.82. The van der Waals surface area contributed by atoms with Gasteiger partial charge in [-0.2, -0.15) is 0 Å². The molecule has 1 aromatic heterocycles. The van der Waals surface area contributed by atoms with E-state index in [4.69, 9.17) is 9.41 Å². The molecule has 0 spiro atoms. The monoisotopic (exact) mass is 425 g/mol. The molecule has 7 heteroatoms. The van der Waals surface area contributed by atoms with Gasteiger partial charge < -0.3 is 19.9 Å². The summed E-state index contributed by atoms with van der Waals surface area (Å²) < 4.78 is 5.32. The molecule has 0 saturated carbocycles. The van der Waals surface area contributed by atoms with Crippen LogP contribution in [0.2, 0.25) is 0 Å². The van der Waals surface area contributed by atoms with Crippen LogP contribution < -0.4 is 10.6 Å². The van der Waals surface area contributed by atoms with Crippen LogP contribution >= 0.6 is 0 Å². The summed E-state index contributed by atoms with van der Waals surface area (Å²) in [5.74, 6) is 0.993. The smallest absolute Gasteiger partial charge is 0.227 e. The van der Waals surface area contributed by atoms with Crippen molar-refractivity contribution in [3.63, 3.8) is 0 Å². The Morgan fingerprint density at radius 3 is 3.00 bits per heavy atom. The second-order valence-corrected chi connectivity index (χ2v) is 9.36. The minimum atomic E-state index is -0.820. The summed E-state index contributed by atoms with van der Waals surface area (Å²) in [5, 5.41) is 26.2. The second kappa shape index (κ2) is 8.73. The minimum Gasteiger partial charge on any atom is -0.472 e. The molecule has 0 aromatic carbocycles. The second-order valence-electron chi connectivity index (χ2n) is 9.36. The number of aliphatic hydroxyl groups is 2. The number of aliphatic hydroxyl groups excluding tert-OH is 2. The first-order valence-corrected chi connectivity index (χ1v) is 11.4. The first-order valence-electron chi connectivity index (χ1n) is 11.4. The number of furan rings is 1. The average Bonchev–Trinajstić information content (AvgIpc) is 3.45. The van der Waals surface area contributed by atoms with Crippen LogP contribution in [-0.4, -0.2) is 47.3 Å². The molecule has 3 heterocycles. The normalized spacial score (nSPS) is 39.7. The Bertz CT molecular complexity index is 877. The van der Waals surface area contributed by atoms with Crippen molar-refractivity contribution in [2.75, 3.05) is 6.54 Å². The summed E-state index contributed by atoms with van der Waals surface area (Å²) >= 11 is 0. The zero-order chi connectivity index (χ0) is 21.4. The van der Waals surface area contributed by atoms with E-state index in [1.165, 1.54) is 5.56 Å². The van der Waals surface area contributed by atoms with Gasteiger partial charge in [0.15, 0.2) is 0 Å². The number of rotatable bonds is 4. The van der Waals surface area contributed by atoms with Crippen LogP contribution in [0, 0.1) is 23.7 Å². The van der Waals surface area contributed by atoms with Gasteiger partial charge >= 0.3 is 0 Å². The van der Waals surface area contributed by atoms with Crippen molar-refractivity contribution in [3.05, 3.63) is 48.1 Å². The summed E-state index contributed by atoms with van der Waals surface area (Å²) in [6.45, 7) is 0.895. The van der Waals surface area contributed by atoms with Crippen molar-refractivity contribution in [1.82, 2.24) is 10.6 Å². The highest BCUT2D eigenvalue weighted by atomic mass is 16.3. The molecular weight excluding hydrogens is 394 g/mol. The molecule has 0 radical (unpaired) electrons. The highest BCUT2D eigenvalue weighted by Gasteiger charge is 2.43. The highest BCUT2D eigenvalue weighted by Crippen LogP contribution is 2.43. The molecule has 7 nitrogen and oxygen atoms in total. The molecule has 1 amide bonds. The summed E-state index contributed by atoms with van der Waals surface area (Å²) in [6, 6.07) is 2.04. The maximum Gasteiger partial charge on any atom is 0.227 e. The molecule has 8 unspecified atom stereocenters. The van der Waals surface area contributed by atoms with E-state index in [9.17, 15) is 15.0 Å². The zero-order valence-electron chi connectivity index (χ0n) is 17.6. The van der Waals surface area contributed by atoms with E-state index in [0.29, 0.717) is 24.0 Å². The van der Waals surface area contributed by atoms with Gasteiger partial charge in [-0.25, -0.2) is 0 Å². The maximum absolute atomic E-state index is 13.2. The molecule has 4 aliphatic rings. The number of carbonyl (C=O) groups excluding carboxylic acids is 1. The summed E-state index contributed by atoms with van der Waals surface area (Å²) in [5.41, 5.74) is 1.93. The van der Waals surface area contributed by atoms with E-state index in [-0.39, 0.29) is 36.2 Å². The SMILES string of the molecule is O=C(NC1=CCC(O)C(O)C1)C1CCC=CC1C1C=NC2NCC(c3ccoc3)C2C1. The number of carbonyl (C=O) groups is 1. The van der Waals surface area contributed by atoms with Gasteiger partial charge in [0.25, 0.3) is 0 Å². The third-order valence-electron chi connectivity index (χ3n) is 7.48. The molecule has 2 aliphatic carbocycles. The molecule has 166 valence electrons. The Hall–Kier alpha value is -2.22. The lowest BCUT2D eigenvalue weighted by Crippen LogP contribution is -2.42. The molecule has 0 bridgehead atoms. The summed E-state index contributed by atoms with van der Waals surface area (Å²) in [4.78, 5) is 18.0. The number of nitrogens with zero attached hydrogens (tertiary/aromatic N) is 1. The topological polar surface area (TPSA) is 107 Å². The maximum atomic E-state index is 13.2. The Balaban J connectivity index is 1.29. The number of nitrogens with one attached hydrogen (secondary N) is 2. The molecule has 1 fully saturated rings. The third kappa shape index (κ3) is 4.14. The Labute approximate surface area is 182 Å². The van der Waals surface area contributed by atoms with Crippen molar-refractivity contribution in [3.8, 4) is 0 Å². The molecule has 8 atom stereocenters. The third-order valence-corrected chi connectivity index (χ3v) is 7.48. The van der Waals surface area contributed by atoms with Gasteiger partial charge in [0, 0.05) is 48.5 Å². The average molecular weight is 426 g/mol. The van der Waals surface area contributed by atoms with E-state index >= 15 is 0 Å². The molecular formula is C24H31N3O4. The molecule has 4 N–H and O–H groups in total. The number of aliphatic imine (C=N–C) groups is 1. The number of amides is 1. The van der Waals surface area contributed by atoms with Gasteiger partial charge in [-0.05, 0) is 43.2 Å². The van der Waals surface area contributed by atoms with Crippen LogP contribution in [-0.2, 0) is 4.79 Å². The van der Waals surface area contributed by atoms with Crippen LogP contribution in [0.15, 0.2) is 51.9 Å². The van der Waals surface area contributed by atoms with Crippen LogP contribution in [0.5, 0.6) is 0 Å². The van der Waals surface area contributed by atoms with Crippen LogP contribution in [0.25, 0.3) is 0 Å². The lowest BCUT2D eigenvalue weighted by Gasteiger charge is -2.37. The summed E-state index contributed by atoms with van der Waals surface area (Å²) in [6.07, 6.45) is 13.8. The van der Waals surface area contributed by atoms with E-state index in [1.807, 2.05) is 18.4 Å². The molecule has 1 saturated heterocycles. The van der Waals surface area contributed by atoms with Gasteiger partial charge in [-0.15, -0.1) is 0 Å². The molecule has 1 aromatic rings. The Morgan fingerprint density at radius 1 is 1.29 bits per heavy atom. The molecule has 2 aliphatic heterocycles. The van der Waals surface area contributed by atoms with E-state index in [0.717, 1.165) is 25.8 Å². The van der Waals surface area contributed by atoms with Crippen LogP contribution in [0.1, 0.15) is 43.6 Å². The van der Waals surface area contributed by atoms with Gasteiger partial charge in [0.2, 0.25) is 5.91 Å². The van der Waals surface area contributed by atoms with Crippen molar-refractivity contribution in [2.24, 2.45) is 28.7 Å². The summed E-state index contributed by atoms with van der Waals surface area (Å²) in [7, 11) is 0. The fourth-order valence-corrected chi connectivity index (χ4v) is 5.73. The van der Waals surface area contributed by atoms with Crippen LogP contribution in [0.4, 0.5) is 0 Å². The van der Waals surface area contributed by atoms with Crippen molar-refractivity contribution in [2.45, 2.75) is 56.4 Å². The first-order chi connectivity index (χ1) is 15.1. The van der Waals surface area contributed by atoms with Gasteiger partial charge in [-0.3, -0.25) is 15.1 Å². The van der Waals surface area contributed by atoms with E-state index in [1.54, 1.807) is 6.26 Å². The van der Waals surface area contributed by atoms with Gasteiger partial charge in [0.1, 0.15) is 6.17 Å². The fourth-order valence-electron chi connectivity index (χ4n) is 5.73. The molecule has 31 heavy (non-hydrogen) atoms. The van der Waals surface area contributed by atoms with E-state index < -0.39 is 12.2 Å². The zero-order valence-corrected chi connectivity index (χ0v) is 17.6. The Kier molecular flexibility index (Phi) is 5.82. The standard InChI is InChI=1S/C24H31N3O4/c28-21-6-5-16(10-22(21)29)27-24(30)18-4-2-1-3-17(18)15-9-19-20(14-7-8-31-13-14)12-26-23(19)25-11-15/h1,3,5,7-8,11,13,15,17-23,26,28-29H,2,4,6,9-10,12H2,(H,27,30). The number of hydrogen-bond acceptors (Lipinski definition) is 6. The number of allylic oxidation sites excluding steroid dienone is 2. The lowest BCUT2D eigenvalue weighted by atomic mass is 9.70. The minimum absolute atomic E-state index is 0.00986.